The third-order valence-corrected chi connectivity index (χ3v) is 2.64. The van der Waals surface area contributed by atoms with Gasteiger partial charge in [-0.3, -0.25) is 0 Å². The van der Waals surface area contributed by atoms with Crippen LogP contribution in [0, 0.1) is 0 Å². The van der Waals surface area contributed by atoms with Crippen LogP contribution in [0.4, 0.5) is 13.2 Å². The van der Waals surface area contributed by atoms with Crippen molar-refractivity contribution in [2.75, 3.05) is 13.2 Å². The molecule has 18 heavy (non-hydrogen) atoms. The molecule has 8 heteroatoms. The van der Waals surface area contributed by atoms with Crippen molar-refractivity contribution in [3.63, 3.8) is 0 Å². The summed E-state index contributed by atoms with van der Waals surface area (Å²) in [5, 5.41) is 10.5. The fourth-order valence-electron chi connectivity index (χ4n) is 1.74. The highest BCUT2D eigenvalue weighted by Gasteiger charge is 2.27. The van der Waals surface area contributed by atoms with Crippen molar-refractivity contribution < 1.29 is 22.3 Å². The molecular formula is C10H14F3N3O2. The first-order valence-corrected chi connectivity index (χ1v) is 5.81. The van der Waals surface area contributed by atoms with E-state index in [-0.39, 0.29) is 12.1 Å². The lowest BCUT2D eigenvalue weighted by Crippen LogP contribution is -2.26. The maximum absolute atomic E-state index is 11.9. The summed E-state index contributed by atoms with van der Waals surface area (Å²) in [6.07, 6.45) is -2.45. The molecule has 0 spiro atoms. The maximum atomic E-state index is 11.9. The van der Waals surface area contributed by atoms with Crippen molar-refractivity contribution in [2.24, 2.45) is 0 Å². The van der Waals surface area contributed by atoms with Crippen LogP contribution >= 0.6 is 0 Å². The summed E-state index contributed by atoms with van der Waals surface area (Å²) in [5.74, 6) is 0.372. The van der Waals surface area contributed by atoms with Crippen molar-refractivity contribution in [3.05, 3.63) is 5.89 Å². The Balaban J connectivity index is 1.82. The predicted molar refractivity (Wildman–Crippen MR) is 55.1 cm³/mol. The average Bonchev–Trinajstić information content (AvgIpc) is 2.77. The summed E-state index contributed by atoms with van der Waals surface area (Å²) >= 11 is 0. The van der Waals surface area contributed by atoms with E-state index in [1.165, 1.54) is 0 Å². The number of rotatable bonds is 4. The normalized spacial score (nSPS) is 20.9. The molecule has 0 aliphatic carbocycles. The van der Waals surface area contributed by atoms with Crippen LogP contribution in [0.15, 0.2) is 4.42 Å². The Bertz CT molecular complexity index is 375. The molecule has 102 valence electrons. The molecular weight excluding hydrogens is 251 g/mol. The van der Waals surface area contributed by atoms with Crippen molar-refractivity contribution in [1.29, 1.82) is 0 Å². The Morgan fingerprint density at radius 2 is 2.17 bits per heavy atom. The van der Waals surface area contributed by atoms with Crippen LogP contribution in [-0.4, -0.2) is 29.5 Å². The van der Waals surface area contributed by atoms with Crippen LogP contribution in [0.2, 0.25) is 0 Å². The number of aromatic nitrogens is 2. The monoisotopic (exact) mass is 265 g/mol. The minimum Gasteiger partial charge on any atom is -0.449 e. The molecule has 1 aliphatic heterocycles. The zero-order valence-corrected chi connectivity index (χ0v) is 9.66. The number of nitrogens with zero attached hydrogens (tertiary/aromatic N) is 2. The second kappa shape index (κ2) is 5.55. The van der Waals surface area contributed by atoms with E-state index in [0.29, 0.717) is 5.89 Å². The molecule has 0 radical (unpaired) electrons. The van der Waals surface area contributed by atoms with Gasteiger partial charge >= 0.3 is 12.3 Å². The summed E-state index contributed by atoms with van der Waals surface area (Å²) in [5.41, 5.74) is 0. The van der Waals surface area contributed by atoms with Gasteiger partial charge in [-0.25, -0.2) is 0 Å². The van der Waals surface area contributed by atoms with Gasteiger partial charge < -0.3 is 14.5 Å². The van der Waals surface area contributed by atoms with Gasteiger partial charge in [0, 0.05) is 0 Å². The molecule has 1 aromatic rings. The SMILES string of the molecule is FC(F)(F)CCOc1nnc([C@H]2CCCCN2)o1. The van der Waals surface area contributed by atoms with Gasteiger partial charge in [0.25, 0.3) is 0 Å². The van der Waals surface area contributed by atoms with E-state index >= 15 is 0 Å². The average molecular weight is 265 g/mol. The molecule has 2 rings (SSSR count). The lowest BCUT2D eigenvalue weighted by molar-refractivity contribution is -0.140. The first kappa shape index (κ1) is 13.1. The fraction of sp³-hybridized carbons (Fsp3) is 0.800. The Kier molecular flexibility index (Phi) is 4.05. The van der Waals surface area contributed by atoms with Crippen LogP contribution in [0.3, 0.4) is 0 Å². The topological polar surface area (TPSA) is 60.2 Å². The summed E-state index contributed by atoms with van der Waals surface area (Å²) in [7, 11) is 0. The molecule has 2 heterocycles. The fourth-order valence-corrected chi connectivity index (χ4v) is 1.74. The first-order chi connectivity index (χ1) is 8.54. The summed E-state index contributed by atoms with van der Waals surface area (Å²) in [6, 6.07) is -0.0220. The Morgan fingerprint density at radius 3 is 2.83 bits per heavy atom. The smallest absolute Gasteiger partial charge is 0.414 e. The number of piperidine rings is 1. The van der Waals surface area contributed by atoms with Gasteiger partial charge in [0.05, 0.1) is 12.5 Å². The second-order valence-electron chi connectivity index (χ2n) is 4.12. The summed E-state index contributed by atoms with van der Waals surface area (Å²) in [4.78, 5) is 0. The van der Waals surface area contributed by atoms with Gasteiger partial charge in [-0.2, -0.15) is 13.2 Å². The molecule has 1 aromatic heterocycles. The molecule has 1 saturated heterocycles. The van der Waals surface area contributed by atoms with Gasteiger partial charge in [-0.15, -0.1) is 5.10 Å². The second-order valence-corrected chi connectivity index (χ2v) is 4.12. The van der Waals surface area contributed by atoms with E-state index in [1.54, 1.807) is 0 Å². The van der Waals surface area contributed by atoms with Crippen LogP contribution in [0.5, 0.6) is 6.08 Å². The van der Waals surface area contributed by atoms with E-state index in [2.05, 4.69) is 15.5 Å². The van der Waals surface area contributed by atoms with Gasteiger partial charge in [0.1, 0.15) is 6.61 Å². The summed E-state index contributed by atoms with van der Waals surface area (Å²) < 4.78 is 45.6. The molecule has 0 amide bonds. The van der Waals surface area contributed by atoms with Gasteiger partial charge in [0.15, 0.2) is 0 Å². The summed E-state index contributed by atoms with van der Waals surface area (Å²) in [6.45, 7) is 0.362. The van der Waals surface area contributed by atoms with E-state index in [4.69, 9.17) is 9.15 Å². The highest BCUT2D eigenvalue weighted by atomic mass is 19.4. The Labute approximate surface area is 102 Å². The molecule has 0 bridgehead atoms. The van der Waals surface area contributed by atoms with Crippen LogP contribution in [0.25, 0.3) is 0 Å². The van der Waals surface area contributed by atoms with E-state index < -0.39 is 19.2 Å². The molecule has 5 nitrogen and oxygen atoms in total. The maximum Gasteiger partial charge on any atom is 0.414 e. The van der Waals surface area contributed by atoms with E-state index in [9.17, 15) is 13.2 Å². The Morgan fingerprint density at radius 1 is 1.33 bits per heavy atom. The zero-order valence-electron chi connectivity index (χ0n) is 9.66. The minimum absolute atomic E-state index is 0.0220. The molecule has 0 saturated carbocycles. The quantitative estimate of drug-likeness (QED) is 0.904. The predicted octanol–water partition coefficient (Wildman–Crippen LogP) is 2.22. The van der Waals surface area contributed by atoms with Crippen LogP contribution in [-0.2, 0) is 0 Å². The molecule has 0 aromatic carbocycles. The standard InChI is InChI=1S/C10H14F3N3O2/c11-10(12,13)4-6-17-9-16-15-8(18-9)7-3-1-2-5-14-7/h7,14H,1-6H2/t7-/m1/s1. The van der Waals surface area contributed by atoms with Crippen molar-refractivity contribution in [3.8, 4) is 6.08 Å². The number of hydrogen-bond donors (Lipinski definition) is 1. The lowest BCUT2D eigenvalue weighted by atomic mass is 10.1. The molecule has 1 aliphatic rings. The third kappa shape index (κ3) is 3.86. The first-order valence-electron chi connectivity index (χ1n) is 5.81. The van der Waals surface area contributed by atoms with Gasteiger partial charge in [-0.05, 0) is 19.4 Å². The number of ether oxygens (including phenoxy) is 1. The highest BCUT2D eigenvalue weighted by Crippen LogP contribution is 2.24. The number of nitrogens with one attached hydrogen (secondary N) is 1. The number of alkyl halides is 3. The third-order valence-electron chi connectivity index (χ3n) is 2.64. The molecule has 0 unspecified atom stereocenters. The van der Waals surface area contributed by atoms with E-state index in [0.717, 1.165) is 25.8 Å². The van der Waals surface area contributed by atoms with Crippen LogP contribution < -0.4 is 10.1 Å². The van der Waals surface area contributed by atoms with Gasteiger partial charge in [0.2, 0.25) is 5.89 Å². The zero-order chi connectivity index (χ0) is 13.0. The van der Waals surface area contributed by atoms with Crippen molar-refractivity contribution >= 4 is 0 Å². The van der Waals surface area contributed by atoms with Crippen LogP contribution in [0.1, 0.15) is 37.6 Å². The Hall–Kier alpha value is -1.31. The van der Waals surface area contributed by atoms with E-state index in [1.807, 2.05) is 0 Å². The minimum atomic E-state index is -4.24. The van der Waals surface area contributed by atoms with Crippen molar-refractivity contribution in [2.45, 2.75) is 37.9 Å². The largest absolute Gasteiger partial charge is 0.449 e. The number of halogens is 3. The molecule has 1 fully saturated rings. The number of hydrogen-bond acceptors (Lipinski definition) is 5. The highest BCUT2D eigenvalue weighted by molar-refractivity contribution is 4.94. The van der Waals surface area contributed by atoms with Crippen molar-refractivity contribution in [1.82, 2.24) is 15.5 Å². The molecule has 1 atom stereocenters. The molecule has 1 N–H and O–H groups in total. The van der Waals surface area contributed by atoms with Gasteiger partial charge in [-0.1, -0.05) is 11.5 Å². The lowest BCUT2D eigenvalue weighted by Gasteiger charge is -2.19.